The topological polar surface area (TPSA) is 41.6 Å². The van der Waals surface area contributed by atoms with Crippen molar-refractivity contribution in [3.8, 4) is 0 Å². The smallest absolute Gasteiger partial charge is 0.422 e. The summed E-state index contributed by atoms with van der Waals surface area (Å²) in [4.78, 5) is 11.8. The molecule has 0 bridgehead atoms. The minimum atomic E-state index is -5.16. The second-order valence-corrected chi connectivity index (χ2v) is 4.94. The minimum Gasteiger partial charge on any atom is -0.464 e. The molecule has 0 amide bonds. The lowest BCUT2D eigenvalue weighted by atomic mass is 9.99. The normalized spacial score (nSPS) is 24.7. The van der Waals surface area contributed by atoms with Crippen molar-refractivity contribution >= 4 is 17.6 Å². The van der Waals surface area contributed by atoms with Gasteiger partial charge in [-0.2, -0.15) is 31.8 Å². The molecule has 2 aliphatic rings. The number of hydrogen-bond acceptors (Lipinski definition) is 4. The SMILES string of the molecule is CCOC(=O)C1(C(F)(F)F)C=C2C=CC(C(F)(F)F)=C(Cl)N2N1. The summed E-state index contributed by atoms with van der Waals surface area (Å²) < 4.78 is 82.8. The molecule has 4 nitrogen and oxygen atoms in total. The molecule has 0 spiro atoms. The quantitative estimate of drug-likeness (QED) is 0.465. The van der Waals surface area contributed by atoms with Crippen molar-refractivity contribution in [2.45, 2.75) is 24.8 Å². The summed E-state index contributed by atoms with van der Waals surface area (Å²) >= 11 is 5.54. The third-order valence-electron chi connectivity index (χ3n) is 3.10. The second kappa shape index (κ2) is 5.45. The number of carbonyl (C=O) groups is 1. The number of carbonyl (C=O) groups excluding carboxylic acids is 1. The van der Waals surface area contributed by atoms with E-state index in [2.05, 4.69) is 4.74 Å². The first-order chi connectivity index (χ1) is 10.4. The van der Waals surface area contributed by atoms with Gasteiger partial charge < -0.3 is 4.74 Å². The number of allylic oxidation sites excluding steroid dienone is 3. The second-order valence-electron chi connectivity index (χ2n) is 4.58. The molecule has 128 valence electrons. The third-order valence-corrected chi connectivity index (χ3v) is 3.47. The van der Waals surface area contributed by atoms with Crippen molar-refractivity contribution in [1.29, 1.82) is 0 Å². The molecule has 2 aliphatic heterocycles. The summed E-state index contributed by atoms with van der Waals surface area (Å²) in [7, 11) is 0. The highest BCUT2D eigenvalue weighted by Gasteiger charge is 2.64. The first-order valence-corrected chi connectivity index (χ1v) is 6.51. The van der Waals surface area contributed by atoms with E-state index in [0.717, 1.165) is 6.08 Å². The Kier molecular flexibility index (Phi) is 4.18. The van der Waals surface area contributed by atoms with Crippen LogP contribution in [-0.2, 0) is 9.53 Å². The monoisotopic (exact) mass is 362 g/mol. The van der Waals surface area contributed by atoms with E-state index in [1.807, 2.05) is 0 Å². The van der Waals surface area contributed by atoms with Crippen LogP contribution in [0.1, 0.15) is 6.92 Å². The average molecular weight is 363 g/mol. The lowest BCUT2D eigenvalue weighted by Gasteiger charge is -2.32. The van der Waals surface area contributed by atoms with Crippen LogP contribution in [0.25, 0.3) is 0 Å². The molecule has 1 N–H and O–H groups in total. The first-order valence-electron chi connectivity index (χ1n) is 6.14. The summed E-state index contributed by atoms with van der Waals surface area (Å²) in [5.74, 6) is -1.69. The molecule has 0 radical (unpaired) electrons. The van der Waals surface area contributed by atoms with Crippen LogP contribution in [0.4, 0.5) is 26.3 Å². The van der Waals surface area contributed by atoms with Crippen molar-refractivity contribution in [2.75, 3.05) is 6.61 Å². The number of esters is 1. The molecular formula is C12H9ClF6N2O2. The molecular weight excluding hydrogens is 354 g/mol. The van der Waals surface area contributed by atoms with Gasteiger partial charge in [0.25, 0.3) is 5.54 Å². The van der Waals surface area contributed by atoms with Crippen molar-refractivity contribution in [3.05, 3.63) is 34.7 Å². The van der Waals surface area contributed by atoms with Gasteiger partial charge in [0.15, 0.2) is 0 Å². The van der Waals surface area contributed by atoms with E-state index in [1.54, 1.807) is 5.43 Å². The Hall–Kier alpha value is -1.68. The Labute approximate surface area is 131 Å². The predicted molar refractivity (Wildman–Crippen MR) is 66.6 cm³/mol. The van der Waals surface area contributed by atoms with Crippen LogP contribution in [0, 0.1) is 0 Å². The molecule has 0 aromatic rings. The van der Waals surface area contributed by atoms with Gasteiger partial charge in [-0.3, -0.25) is 5.01 Å². The van der Waals surface area contributed by atoms with Crippen LogP contribution in [0.2, 0.25) is 0 Å². The Morgan fingerprint density at radius 1 is 1.30 bits per heavy atom. The van der Waals surface area contributed by atoms with E-state index in [9.17, 15) is 31.1 Å². The van der Waals surface area contributed by atoms with E-state index in [0.29, 0.717) is 17.2 Å². The highest BCUT2D eigenvalue weighted by molar-refractivity contribution is 6.30. The van der Waals surface area contributed by atoms with Crippen LogP contribution >= 0.6 is 11.6 Å². The van der Waals surface area contributed by atoms with Gasteiger partial charge in [-0.15, -0.1) is 0 Å². The van der Waals surface area contributed by atoms with Gasteiger partial charge in [0.2, 0.25) is 0 Å². The van der Waals surface area contributed by atoms with E-state index in [1.165, 1.54) is 6.92 Å². The third kappa shape index (κ3) is 2.80. The summed E-state index contributed by atoms with van der Waals surface area (Å²) in [6.45, 7) is 0.959. The first kappa shape index (κ1) is 17.7. The number of nitrogens with zero attached hydrogens (tertiary/aromatic N) is 1. The molecule has 0 saturated carbocycles. The lowest BCUT2D eigenvalue weighted by molar-refractivity contribution is -0.205. The molecule has 11 heteroatoms. The van der Waals surface area contributed by atoms with Crippen LogP contribution in [0.5, 0.6) is 0 Å². The standard InChI is InChI=1S/C12H9ClF6N2O2/c1-2-23-9(22)10(12(17,18)19)5-6-3-4-7(11(14,15)16)8(13)21(6)20-10/h3-5,20H,2H2,1H3. The van der Waals surface area contributed by atoms with Crippen molar-refractivity contribution in [2.24, 2.45) is 0 Å². The fraction of sp³-hybridized carbons (Fsp3) is 0.417. The van der Waals surface area contributed by atoms with Gasteiger partial charge in [0.1, 0.15) is 5.16 Å². The van der Waals surface area contributed by atoms with Crippen LogP contribution in [-0.4, -0.2) is 35.5 Å². The summed E-state index contributed by atoms with van der Waals surface area (Å²) in [6.07, 6.45) is -8.30. The number of rotatable bonds is 2. The van der Waals surface area contributed by atoms with Gasteiger partial charge in [0, 0.05) is 0 Å². The zero-order valence-electron chi connectivity index (χ0n) is 11.3. The van der Waals surface area contributed by atoms with Gasteiger partial charge in [-0.25, -0.2) is 4.79 Å². The maximum Gasteiger partial charge on any atom is 0.422 e. The summed E-state index contributed by atoms with van der Waals surface area (Å²) in [5.41, 5.74) is -3.33. The Balaban J connectivity index is 2.50. The molecule has 0 aliphatic carbocycles. The highest BCUT2D eigenvalue weighted by Crippen LogP contribution is 2.44. The molecule has 2 rings (SSSR count). The number of fused-ring (bicyclic) bond motifs is 1. The fourth-order valence-corrected chi connectivity index (χ4v) is 2.33. The van der Waals surface area contributed by atoms with Gasteiger partial charge >= 0.3 is 18.3 Å². The van der Waals surface area contributed by atoms with E-state index in [4.69, 9.17) is 11.6 Å². The van der Waals surface area contributed by atoms with E-state index >= 15 is 0 Å². The van der Waals surface area contributed by atoms with E-state index in [-0.39, 0.29) is 12.3 Å². The van der Waals surface area contributed by atoms with Gasteiger partial charge in [-0.05, 0) is 25.2 Å². The number of nitrogens with one attached hydrogen (secondary N) is 1. The summed E-state index contributed by atoms with van der Waals surface area (Å²) in [5, 5.41) is -0.670. The van der Waals surface area contributed by atoms with Crippen molar-refractivity contribution < 1.29 is 35.9 Å². The van der Waals surface area contributed by atoms with Crippen molar-refractivity contribution in [1.82, 2.24) is 10.4 Å². The number of ether oxygens (including phenoxy) is 1. The molecule has 0 saturated heterocycles. The summed E-state index contributed by atoms with van der Waals surface area (Å²) in [6, 6.07) is 0. The molecule has 1 atom stereocenters. The maximum absolute atomic E-state index is 13.3. The Bertz CT molecular complexity index is 622. The molecule has 2 heterocycles. The highest BCUT2D eigenvalue weighted by atomic mass is 35.5. The Morgan fingerprint density at radius 2 is 1.91 bits per heavy atom. The largest absolute Gasteiger partial charge is 0.464 e. The molecule has 1 unspecified atom stereocenters. The molecule has 0 aromatic heterocycles. The van der Waals surface area contributed by atoms with Gasteiger partial charge in [0.05, 0.1) is 17.9 Å². The minimum absolute atomic E-state index is 0.339. The maximum atomic E-state index is 13.3. The predicted octanol–water partition coefficient (Wildman–Crippen LogP) is 3.14. The van der Waals surface area contributed by atoms with Gasteiger partial charge in [-0.1, -0.05) is 11.6 Å². The lowest BCUT2D eigenvalue weighted by Crippen LogP contribution is -2.62. The zero-order chi connectivity index (χ0) is 17.6. The zero-order valence-corrected chi connectivity index (χ0v) is 12.1. The average Bonchev–Trinajstić information content (AvgIpc) is 2.79. The molecule has 0 aromatic carbocycles. The van der Waals surface area contributed by atoms with Crippen LogP contribution in [0.15, 0.2) is 34.7 Å². The Morgan fingerprint density at radius 3 is 2.39 bits per heavy atom. The number of hydrazine groups is 1. The molecule has 23 heavy (non-hydrogen) atoms. The molecule has 0 fully saturated rings. The van der Waals surface area contributed by atoms with E-state index < -0.39 is 34.6 Å². The van der Waals surface area contributed by atoms with Crippen molar-refractivity contribution in [3.63, 3.8) is 0 Å². The number of halogens is 7. The number of alkyl halides is 6. The fourth-order valence-electron chi connectivity index (χ4n) is 2.02. The van der Waals surface area contributed by atoms with Crippen LogP contribution in [0.3, 0.4) is 0 Å². The van der Waals surface area contributed by atoms with Crippen LogP contribution < -0.4 is 5.43 Å². The number of hydrogen-bond donors (Lipinski definition) is 1.